The van der Waals surface area contributed by atoms with Gasteiger partial charge in [-0.25, -0.2) is 0 Å². The zero-order valence-corrected chi connectivity index (χ0v) is 19.4. The van der Waals surface area contributed by atoms with Crippen molar-refractivity contribution in [3.63, 3.8) is 0 Å². The number of hydrogen-bond acceptors (Lipinski definition) is 5. The largest absolute Gasteiger partial charge is 0.491 e. The fraction of sp³-hybridized carbons (Fsp3) is 0.192. The maximum atomic E-state index is 13.5. The number of pyridine rings is 1. The maximum absolute atomic E-state index is 13.5. The molecule has 0 fully saturated rings. The molecule has 6 nitrogen and oxygen atoms in total. The van der Waals surface area contributed by atoms with Gasteiger partial charge in [0.25, 0.3) is 11.8 Å². The van der Waals surface area contributed by atoms with E-state index in [1.54, 1.807) is 67.0 Å². The smallest absolute Gasteiger partial charge is 0.278 e. The molecule has 2 aromatic carbocycles. The molecule has 168 valence electrons. The van der Waals surface area contributed by atoms with E-state index in [-0.39, 0.29) is 30.2 Å². The molecule has 1 aliphatic rings. The number of aryl methyl sites for hydroxylation is 1. The van der Waals surface area contributed by atoms with E-state index < -0.39 is 0 Å². The molecule has 4 rings (SSSR count). The van der Waals surface area contributed by atoms with E-state index in [1.165, 1.54) is 4.90 Å². The van der Waals surface area contributed by atoms with Crippen molar-refractivity contribution >= 4 is 34.7 Å². The van der Waals surface area contributed by atoms with E-state index in [0.717, 1.165) is 11.1 Å². The van der Waals surface area contributed by atoms with E-state index in [2.05, 4.69) is 10.3 Å². The van der Waals surface area contributed by atoms with Crippen LogP contribution in [0.5, 0.6) is 5.75 Å². The number of amides is 2. The number of benzene rings is 2. The van der Waals surface area contributed by atoms with Crippen molar-refractivity contribution in [2.45, 2.75) is 33.4 Å². The minimum atomic E-state index is -0.385. The molecule has 1 aliphatic heterocycles. The topological polar surface area (TPSA) is 71.5 Å². The van der Waals surface area contributed by atoms with Gasteiger partial charge in [0.2, 0.25) is 0 Å². The van der Waals surface area contributed by atoms with Gasteiger partial charge in [0, 0.05) is 23.1 Å². The van der Waals surface area contributed by atoms with E-state index in [4.69, 9.17) is 16.3 Å². The van der Waals surface area contributed by atoms with Gasteiger partial charge in [0.05, 0.1) is 18.2 Å². The van der Waals surface area contributed by atoms with Crippen molar-refractivity contribution in [3.05, 3.63) is 94.4 Å². The average molecular weight is 462 g/mol. The van der Waals surface area contributed by atoms with E-state index in [9.17, 15) is 9.59 Å². The SMILES string of the molecule is Cc1cc(Cl)ccc1NC1=C(c2ccc(OC(C)C)cc2)C(=O)N(Cc2ccncc2)C1=O. The summed E-state index contributed by atoms with van der Waals surface area (Å²) in [6.07, 6.45) is 3.31. The molecule has 0 saturated carbocycles. The van der Waals surface area contributed by atoms with Gasteiger partial charge in [-0.3, -0.25) is 19.5 Å². The van der Waals surface area contributed by atoms with E-state index >= 15 is 0 Å². The summed E-state index contributed by atoms with van der Waals surface area (Å²) >= 11 is 6.09. The summed E-state index contributed by atoms with van der Waals surface area (Å²) in [5, 5.41) is 3.79. The molecule has 3 aromatic rings. The lowest BCUT2D eigenvalue weighted by Crippen LogP contribution is -2.32. The zero-order chi connectivity index (χ0) is 23.5. The summed E-state index contributed by atoms with van der Waals surface area (Å²) < 4.78 is 5.72. The molecule has 1 N–H and O–H groups in total. The monoisotopic (exact) mass is 461 g/mol. The highest BCUT2D eigenvalue weighted by atomic mass is 35.5. The number of aromatic nitrogens is 1. The van der Waals surface area contributed by atoms with E-state index in [1.807, 2.05) is 20.8 Å². The summed E-state index contributed by atoms with van der Waals surface area (Å²) in [7, 11) is 0. The van der Waals surface area contributed by atoms with Crippen LogP contribution in [0.4, 0.5) is 5.69 Å². The molecule has 0 radical (unpaired) electrons. The van der Waals surface area contributed by atoms with Crippen LogP contribution in [0.2, 0.25) is 5.02 Å². The summed E-state index contributed by atoms with van der Waals surface area (Å²) in [4.78, 5) is 32.1. The molecule has 2 amide bonds. The molecular weight excluding hydrogens is 438 g/mol. The molecule has 2 heterocycles. The lowest BCUT2D eigenvalue weighted by molar-refractivity contribution is -0.137. The summed E-state index contributed by atoms with van der Waals surface area (Å²) in [5.41, 5.74) is 3.57. The quantitative estimate of drug-likeness (QED) is 0.488. The Morgan fingerprint density at radius 2 is 1.70 bits per heavy atom. The van der Waals surface area contributed by atoms with Crippen molar-refractivity contribution in [2.75, 3.05) is 5.32 Å². The Kier molecular flexibility index (Phi) is 6.47. The Morgan fingerprint density at radius 1 is 1.00 bits per heavy atom. The lowest BCUT2D eigenvalue weighted by Gasteiger charge is -2.15. The molecule has 0 unspecified atom stereocenters. The van der Waals surface area contributed by atoms with Crippen molar-refractivity contribution in [1.82, 2.24) is 9.88 Å². The standard InChI is InChI=1S/C26H24ClN3O3/c1-16(2)33-21-7-4-19(5-8-21)23-24(29-22-9-6-20(27)14-17(22)3)26(32)30(25(23)31)15-18-10-12-28-13-11-18/h4-14,16,29H,15H2,1-3H3. The fourth-order valence-corrected chi connectivity index (χ4v) is 3.88. The van der Waals surface area contributed by atoms with Crippen LogP contribution in [0.3, 0.4) is 0 Å². The second kappa shape index (κ2) is 9.46. The van der Waals surface area contributed by atoms with Crippen LogP contribution in [0, 0.1) is 6.92 Å². The number of imide groups is 1. The van der Waals surface area contributed by atoms with Crippen molar-refractivity contribution in [3.8, 4) is 5.75 Å². The third kappa shape index (κ3) is 4.91. The lowest BCUT2D eigenvalue weighted by atomic mass is 10.0. The van der Waals surface area contributed by atoms with Crippen LogP contribution in [0.1, 0.15) is 30.5 Å². The summed E-state index contributed by atoms with van der Waals surface area (Å²) in [6, 6.07) is 16.1. The highest BCUT2D eigenvalue weighted by molar-refractivity contribution is 6.36. The van der Waals surface area contributed by atoms with Crippen LogP contribution < -0.4 is 10.1 Å². The zero-order valence-electron chi connectivity index (χ0n) is 18.6. The first kappa shape index (κ1) is 22.6. The van der Waals surface area contributed by atoms with Gasteiger partial charge >= 0.3 is 0 Å². The third-order valence-electron chi connectivity index (χ3n) is 5.22. The number of carbonyl (C=O) groups is 2. The molecule has 0 atom stereocenters. The predicted molar refractivity (Wildman–Crippen MR) is 129 cm³/mol. The van der Waals surface area contributed by atoms with Gasteiger partial charge in [-0.2, -0.15) is 0 Å². The number of hydrogen-bond donors (Lipinski definition) is 1. The Balaban J connectivity index is 1.73. The second-order valence-corrected chi connectivity index (χ2v) is 8.51. The molecular formula is C26H24ClN3O3. The highest BCUT2D eigenvalue weighted by Crippen LogP contribution is 2.33. The summed E-state index contributed by atoms with van der Waals surface area (Å²) in [6.45, 7) is 5.94. The van der Waals surface area contributed by atoms with Crippen LogP contribution in [0.25, 0.3) is 5.57 Å². The van der Waals surface area contributed by atoms with Gasteiger partial charge in [0.1, 0.15) is 11.4 Å². The molecule has 0 spiro atoms. The van der Waals surface area contributed by atoms with Crippen molar-refractivity contribution in [2.24, 2.45) is 0 Å². The van der Waals surface area contributed by atoms with Crippen molar-refractivity contribution in [1.29, 1.82) is 0 Å². The first-order valence-corrected chi connectivity index (χ1v) is 11.0. The van der Waals surface area contributed by atoms with Crippen LogP contribution in [-0.4, -0.2) is 27.8 Å². The van der Waals surface area contributed by atoms with Gasteiger partial charge < -0.3 is 10.1 Å². The Bertz CT molecular complexity index is 1220. The number of nitrogens with zero attached hydrogens (tertiary/aromatic N) is 2. The Labute approximate surface area is 197 Å². The number of carbonyl (C=O) groups excluding carboxylic acids is 2. The average Bonchev–Trinajstić information content (AvgIpc) is 3.01. The van der Waals surface area contributed by atoms with Gasteiger partial charge in [-0.15, -0.1) is 0 Å². The Morgan fingerprint density at radius 3 is 2.33 bits per heavy atom. The number of rotatable bonds is 7. The second-order valence-electron chi connectivity index (χ2n) is 8.08. The third-order valence-corrected chi connectivity index (χ3v) is 5.46. The number of ether oxygens (including phenoxy) is 1. The van der Waals surface area contributed by atoms with Gasteiger partial charge in [-0.05, 0) is 79.9 Å². The first-order chi connectivity index (χ1) is 15.8. The first-order valence-electron chi connectivity index (χ1n) is 10.6. The molecule has 0 bridgehead atoms. The predicted octanol–water partition coefficient (Wildman–Crippen LogP) is 5.22. The normalized spacial score (nSPS) is 13.8. The van der Waals surface area contributed by atoms with Gasteiger partial charge in [0.15, 0.2) is 0 Å². The number of halogens is 1. The molecule has 33 heavy (non-hydrogen) atoms. The number of anilines is 1. The molecule has 1 aromatic heterocycles. The number of nitrogens with one attached hydrogen (secondary N) is 1. The molecule has 7 heteroatoms. The van der Waals surface area contributed by atoms with Crippen molar-refractivity contribution < 1.29 is 14.3 Å². The Hall–Kier alpha value is -3.64. The van der Waals surface area contributed by atoms with Gasteiger partial charge in [-0.1, -0.05) is 23.7 Å². The molecule has 0 saturated heterocycles. The highest BCUT2D eigenvalue weighted by Gasteiger charge is 2.39. The van der Waals surface area contributed by atoms with Crippen LogP contribution in [0.15, 0.2) is 72.7 Å². The summed E-state index contributed by atoms with van der Waals surface area (Å²) in [5.74, 6) is -0.0463. The minimum Gasteiger partial charge on any atom is -0.491 e. The minimum absolute atomic E-state index is 0.0331. The fourth-order valence-electron chi connectivity index (χ4n) is 3.65. The van der Waals surface area contributed by atoms with E-state index in [0.29, 0.717) is 27.6 Å². The van der Waals surface area contributed by atoms with Crippen LogP contribution in [-0.2, 0) is 16.1 Å². The molecule has 0 aliphatic carbocycles. The maximum Gasteiger partial charge on any atom is 0.278 e. The van der Waals surface area contributed by atoms with Crippen LogP contribution >= 0.6 is 11.6 Å².